The summed E-state index contributed by atoms with van der Waals surface area (Å²) in [6, 6.07) is 0. The second-order valence-corrected chi connectivity index (χ2v) is 6.42. The normalized spacial score (nSPS) is 16.0. The van der Waals surface area contributed by atoms with Crippen molar-refractivity contribution >= 4 is 0 Å². The minimum absolute atomic E-state index is 0. The smallest absolute Gasteiger partial charge is 0.350 e. The molecule has 0 aromatic carbocycles. The van der Waals surface area contributed by atoms with E-state index in [4.69, 9.17) is 18.9 Å². The first kappa shape index (κ1) is 63.0. The Morgan fingerprint density at radius 2 is 0.630 bits per heavy atom. The summed E-state index contributed by atoms with van der Waals surface area (Å²) >= 11 is 0. The molecule has 0 amide bonds. The van der Waals surface area contributed by atoms with E-state index < -0.39 is 49.0 Å². The molecule has 0 N–H and O–H groups in total. The van der Waals surface area contributed by atoms with Crippen LogP contribution in [0, 0.1) is 0 Å². The van der Waals surface area contributed by atoms with Crippen LogP contribution in [0.15, 0.2) is 24.1 Å². The molecule has 4 rings (SSSR count). The zero-order chi connectivity index (χ0) is 36.0. The summed E-state index contributed by atoms with van der Waals surface area (Å²) in [7, 11) is 3.00. The van der Waals surface area contributed by atoms with Gasteiger partial charge in [-0.2, -0.15) is 17.6 Å². The maximum atomic E-state index is 11.8. The van der Waals surface area contributed by atoms with E-state index in [0.717, 1.165) is 0 Å². The first-order chi connectivity index (χ1) is 21.1. The topological polar surface area (TPSA) is 73.8 Å². The van der Waals surface area contributed by atoms with E-state index in [0.29, 0.717) is 69.5 Å². The SMILES string of the molecule is C.CC1(CF)OCCO1.CC1(CF)OCCO1.CF.CF.CF.CF.CF.CF.FC(F)=C1OCCO1.FC(F)=C1OCCO1.[Zn]. The monoisotopic (exact) mass is 768 g/mol. The van der Waals surface area contributed by atoms with Crippen LogP contribution < -0.4 is 0 Å². The second kappa shape index (κ2) is 47.7. The van der Waals surface area contributed by atoms with Gasteiger partial charge in [0.1, 0.15) is 39.8 Å². The summed E-state index contributed by atoms with van der Waals surface area (Å²) in [6.45, 7) is 5.04. The van der Waals surface area contributed by atoms with Crippen molar-refractivity contribution in [2.24, 2.45) is 0 Å². The average Bonchev–Trinajstić information content (AvgIpc) is 3.93. The Morgan fingerprint density at radius 3 is 0.717 bits per heavy atom. The number of ether oxygens (including phenoxy) is 8. The molecule has 0 bridgehead atoms. The van der Waals surface area contributed by atoms with E-state index in [1.54, 1.807) is 13.8 Å². The fraction of sp³-hybridized carbons (Fsp3) is 0.840. The van der Waals surface area contributed by atoms with Crippen LogP contribution in [0.2, 0.25) is 0 Å². The van der Waals surface area contributed by atoms with Crippen molar-refractivity contribution in [3.05, 3.63) is 24.1 Å². The van der Waals surface area contributed by atoms with Gasteiger partial charge in [0.05, 0.1) is 69.5 Å². The van der Waals surface area contributed by atoms with Crippen LogP contribution >= 0.6 is 0 Å². The fourth-order valence-electron chi connectivity index (χ4n) is 2.11. The maximum Gasteiger partial charge on any atom is 0.350 e. The van der Waals surface area contributed by atoms with Crippen LogP contribution in [0.5, 0.6) is 0 Å². The van der Waals surface area contributed by atoms with Crippen LogP contribution in [0.3, 0.4) is 0 Å². The number of hydrogen-bond donors (Lipinski definition) is 0. The molecule has 4 aliphatic heterocycles. The molecule has 0 aromatic heterocycles. The third kappa shape index (κ3) is 36.8. The minimum atomic E-state index is -1.89. The number of rotatable bonds is 2. The van der Waals surface area contributed by atoms with Gasteiger partial charge in [-0.3, -0.25) is 26.3 Å². The molecule has 4 saturated heterocycles. The summed E-state index contributed by atoms with van der Waals surface area (Å²) in [5, 5.41) is 0. The van der Waals surface area contributed by atoms with Crippen LogP contribution in [0.1, 0.15) is 21.3 Å². The molecule has 0 spiro atoms. The summed E-state index contributed by atoms with van der Waals surface area (Å²) in [5.74, 6) is -3.10. The molecule has 0 saturated carbocycles. The van der Waals surface area contributed by atoms with Gasteiger partial charge < -0.3 is 37.9 Å². The molecule has 46 heavy (non-hydrogen) atoms. The van der Waals surface area contributed by atoms with E-state index in [1.165, 1.54) is 0 Å². The molecular formula is C25H48F12O8Zn. The quantitative estimate of drug-likeness (QED) is 0.209. The Labute approximate surface area is 276 Å². The zero-order valence-corrected chi connectivity index (χ0v) is 29.5. The van der Waals surface area contributed by atoms with Gasteiger partial charge in [-0.15, -0.1) is 0 Å². The molecule has 0 radical (unpaired) electrons. The third-order valence-electron chi connectivity index (χ3n) is 3.69. The van der Waals surface area contributed by atoms with E-state index >= 15 is 0 Å². The standard InChI is InChI=1S/2C5H9FO2.2C4H4F2O2.6CH3F.CH4.Zn/c2*1-5(4-6)7-2-3-8-5;2*5-3(6)4-7-1-2-8-4;6*1-2;;/h2*2-4H2,1H3;2*1-2H2;6*1H3;1H4;. The molecule has 4 fully saturated rings. The molecule has 0 unspecified atom stereocenters. The Bertz CT molecular complexity index is 556. The van der Waals surface area contributed by atoms with Crippen LogP contribution in [0.25, 0.3) is 0 Å². The first-order valence-electron chi connectivity index (χ1n) is 11.7. The zero-order valence-electron chi connectivity index (χ0n) is 26.6. The van der Waals surface area contributed by atoms with Gasteiger partial charge in [-0.05, 0) is 13.8 Å². The molecule has 21 heteroatoms. The Kier molecular flexibility index (Phi) is 65.4. The molecule has 8 nitrogen and oxygen atoms in total. The summed E-state index contributed by atoms with van der Waals surface area (Å²) < 4.78 is 163. The molecule has 0 aromatic rings. The van der Waals surface area contributed by atoms with Crippen LogP contribution in [-0.4, -0.2) is 121 Å². The first-order valence-corrected chi connectivity index (χ1v) is 11.7. The predicted octanol–water partition coefficient (Wildman–Crippen LogP) is 7.78. The van der Waals surface area contributed by atoms with Gasteiger partial charge in [-0.25, -0.2) is 8.78 Å². The van der Waals surface area contributed by atoms with Gasteiger partial charge in [0.25, 0.3) is 0 Å². The molecule has 0 aliphatic carbocycles. The summed E-state index contributed by atoms with van der Waals surface area (Å²) in [5.41, 5.74) is 0. The van der Waals surface area contributed by atoms with E-state index in [9.17, 15) is 52.7 Å². The molecule has 4 heterocycles. The van der Waals surface area contributed by atoms with Crippen molar-refractivity contribution in [1.29, 1.82) is 0 Å². The van der Waals surface area contributed by atoms with E-state index in [-0.39, 0.29) is 53.3 Å². The third-order valence-corrected chi connectivity index (χ3v) is 3.69. The second-order valence-electron chi connectivity index (χ2n) is 6.42. The molecule has 4 aliphatic rings. The van der Waals surface area contributed by atoms with Crippen molar-refractivity contribution in [2.75, 3.05) is 109 Å². The van der Waals surface area contributed by atoms with Crippen LogP contribution in [-0.2, 0) is 57.4 Å². The fourth-order valence-corrected chi connectivity index (χ4v) is 2.11. The van der Waals surface area contributed by atoms with Gasteiger partial charge in [0.2, 0.25) is 0 Å². The van der Waals surface area contributed by atoms with E-state index in [1.807, 2.05) is 0 Å². The van der Waals surface area contributed by atoms with Crippen molar-refractivity contribution in [1.82, 2.24) is 0 Å². The molecular weight excluding hydrogens is 722 g/mol. The average molecular weight is 770 g/mol. The number of alkyl halides is 8. The van der Waals surface area contributed by atoms with E-state index in [2.05, 4.69) is 18.9 Å². The number of hydrogen-bond acceptors (Lipinski definition) is 8. The van der Waals surface area contributed by atoms with Crippen molar-refractivity contribution < 1.29 is 110 Å². The Morgan fingerprint density at radius 1 is 0.457 bits per heavy atom. The van der Waals surface area contributed by atoms with Gasteiger partial charge in [0.15, 0.2) is 11.6 Å². The largest absolute Gasteiger partial charge is 0.458 e. The molecule has 0 atom stereocenters. The summed E-state index contributed by atoms with van der Waals surface area (Å²) in [4.78, 5) is 0. The predicted molar refractivity (Wildman–Crippen MR) is 144 cm³/mol. The minimum Gasteiger partial charge on any atom is -0.458 e. The van der Waals surface area contributed by atoms with Crippen molar-refractivity contribution in [3.63, 3.8) is 0 Å². The Hall–Kier alpha value is -1.70. The van der Waals surface area contributed by atoms with Crippen molar-refractivity contribution in [3.8, 4) is 0 Å². The van der Waals surface area contributed by atoms with Crippen LogP contribution in [0.4, 0.5) is 52.7 Å². The Balaban J connectivity index is -0.0000000620. The summed E-state index contributed by atoms with van der Waals surface area (Å²) in [6.07, 6.45) is -3.77. The number of halogens is 12. The maximum absolute atomic E-state index is 11.8. The molecule has 282 valence electrons. The van der Waals surface area contributed by atoms with Crippen molar-refractivity contribution in [2.45, 2.75) is 32.8 Å². The van der Waals surface area contributed by atoms with Gasteiger partial charge in [0, 0.05) is 19.5 Å². The van der Waals surface area contributed by atoms with Gasteiger partial charge >= 0.3 is 24.1 Å². The van der Waals surface area contributed by atoms with Gasteiger partial charge in [-0.1, -0.05) is 7.43 Å².